The third kappa shape index (κ3) is 3.78. The van der Waals surface area contributed by atoms with Gasteiger partial charge in [-0.2, -0.15) is 0 Å². The molecule has 0 radical (unpaired) electrons. The largest absolute Gasteiger partial charge is 0.389 e. The van der Waals surface area contributed by atoms with Crippen LogP contribution >= 0.6 is 12.4 Å². The normalized spacial score (nSPS) is 13.6. The number of nitrogens with one attached hydrogen (secondary N) is 1. The third-order valence-electron chi connectivity index (χ3n) is 4.59. The van der Waals surface area contributed by atoms with Crippen LogP contribution in [0.4, 0.5) is 4.39 Å². The molecule has 3 aromatic rings. The van der Waals surface area contributed by atoms with Crippen molar-refractivity contribution in [1.82, 2.24) is 14.5 Å². The highest BCUT2D eigenvalue weighted by Gasteiger charge is 2.29. The minimum absolute atomic E-state index is 0. The summed E-state index contributed by atoms with van der Waals surface area (Å²) in [4.78, 5) is 13.2. The molecule has 27 heavy (non-hydrogen) atoms. The number of para-hydroxylation sites is 1. The third-order valence-corrected chi connectivity index (χ3v) is 4.59. The van der Waals surface area contributed by atoms with Gasteiger partial charge in [-0.3, -0.25) is 9.13 Å². The Morgan fingerprint density at radius 2 is 1.74 bits per heavy atom. The topological polar surface area (TPSA) is 59.2 Å². The van der Waals surface area contributed by atoms with Crippen LogP contribution in [0.2, 0.25) is 0 Å². The second-order valence-corrected chi connectivity index (χ2v) is 6.70. The van der Waals surface area contributed by atoms with Crippen molar-refractivity contribution in [2.24, 2.45) is 0 Å². The first-order valence-electron chi connectivity index (χ1n) is 8.76. The van der Waals surface area contributed by atoms with Gasteiger partial charge in [-0.05, 0) is 38.6 Å². The zero-order chi connectivity index (χ0) is 18.8. The van der Waals surface area contributed by atoms with Crippen LogP contribution in [0.1, 0.15) is 31.5 Å². The summed E-state index contributed by atoms with van der Waals surface area (Å²) in [6.45, 7) is 4.05. The molecule has 0 spiro atoms. The van der Waals surface area contributed by atoms with Gasteiger partial charge >= 0.3 is 5.69 Å². The number of hydrogen-bond acceptors (Lipinski definition) is 3. The van der Waals surface area contributed by atoms with Crippen molar-refractivity contribution in [3.63, 3.8) is 0 Å². The second-order valence-electron chi connectivity index (χ2n) is 6.70. The van der Waals surface area contributed by atoms with E-state index in [9.17, 15) is 14.3 Å². The molecule has 1 heterocycles. The molecule has 2 aromatic carbocycles. The van der Waals surface area contributed by atoms with E-state index in [0.29, 0.717) is 5.52 Å². The van der Waals surface area contributed by atoms with Gasteiger partial charge in [0.05, 0.1) is 17.7 Å². The maximum Gasteiger partial charge on any atom is 0.330 e. The average molecular weight is 394 g/mol. The standard InChI is InChI=1S/C20H24FN3O2.ClH/c1-13(2)23-16-11-7-10-15(21)19(16)24(20(23)26)18(17(25)12-22-3)14-8-5-4-6-9-14;/h4-11,13,17-18,22,25H,12H2,1-3H3;1H. The summed E-state index contributed by atoms with van der Waals surface area (Å²) in [5, 5.41) is 13.7. The highest BCUT2D eigenvalue weighted by Crippen LogP contribution is 2.28. The predicted octanol–water partition coefficient (Wildman–Crippen LogP) is 3.11. The molecule has 5 nitrogen and oxygen atoms in total. The van der Waals surface area contributed by atoms with E-state index in [1.165, 1.54) is 10.6 Å². The molecule has 0 saturated carbocycles. The molecule has 0 saturated heterocycles. The van der Waals surface area contributed by atoms with Crippen molar-refractivity contribution in [2.45, 2.75) is 32.0 Å². The Morgan fingerprint density at radius 3 is 2.33 bits per heavy atom. The van der Waals surface area contributed by atoms with Gasteiger partial charge in [0.15, 0.2) is 0 Å². The van der Waals surface area contributed by atoms with Crippen molar-refractivity contribution >= 4 is 23.4 Å². The first kappa shape index (κ1) is 21.2. The van der Waals surface area contributed by atoms with E-state index in [1.54, 1.807) is 23.7 Å². The molecule has 0 aliphatic carbocycles. The van der Waals surface area contributed by atoms with Crippen molar-refractivity contribution in [1.29, 1.82) is 0 Å². The Bertz CT molecular complexity index is 953. The lowest BCUT2D eigenvalue weighted by Crippen LogP contribution is -2.39. The highest BCUT2D eigenvalue weighted by molar-refractivity contribution is 5.85. The van der Waals surface area contributed by atoms with Crippen LogP contribution in [-0.2, 0) is 0 Å². The summed E-state index contributed by atoms with van der Waals surface area (Å²) in [5.41, 5.74) is 1.17. The molecule has 0 fully saturated rings. The predicted molar refractivity (Wildman–Crippen MR) is 108 cm³/mol. The number of hydrogen-bond donors (Lipinski definition) is 2. The van der Waals surface area contributed by atoms with E-state index in [-0.39, 0.29) is 36.2 Å². The lowest BCUT2D eigenvalue weighted by atomic mass is 10.0. The van der Waals surface area contributed by atoms with Gasteiger partial charge < -0.3 is 10.4 Å². The van der Waals surface area contributed by atoms with Gasteiger partial charge in [0, 0.05) is 12.6 Å². The number of likely N-dealkylation sites (N-methyl/N-ethyl adjacent to an activating group) is 1. The first-order chi connectivity index (χ1) is 12.5. The number of fused-ring (bicyclic) bond motifs is 1. The summed E-state index contributed by atoms with van der Waals surface area (Å²) in [6.07, 6.45) is -0.897. The van der Waals surface area contributed by atoms with Gasteiger partial charge in [-0.15, -0.1) is 12.4 Å². The molecule has 3 rings (SSSR count). The Morgan fingerprint density at radius 1 is 1.07 bits per heavy atom. The van der Waals surface area contributed by atoms with Crippen molar-refractivity contribution < 1.29 is 9.50 Å². The Hall–Kier alpha value is -2.15. The van der Waals surface area contributed by atoms with Crippen molar-refractivity contribution in [3.8, 4) is 0 Å². The van der Waals surface area contributed by atoms with Crippen LogP contribution in [-0.4, -0.2) is 33.9 Å². The summed E-state index contributed by atoms with van der Waals surface area (Å²) < 4.78 is 17.7. The molecule has 146 valence electrons. The van der Waals surface area contributed by atoms with Gasteiger partial charge in [0.2, 0.25) is 0 Å². The number of imidazole rings is 1. The molecule has 2 N–H and O–H groups in total. The number of benzene rings is 2. The van der Waals surface area contributed by atoms with Crippen molar-refractivity contribution in [2.75, 3.05) is 13.6 Å². The highest BCUT2D eigenvalue weighted by atomic mass is 35.5. The summed E-state index contributed by atoms with van der Waals surface area (Å²) in [5.74, 6) is -0.475. The molecule has 1 aromatic heterocycles. The van der Waals surface area contributed by atoms with Crippen LogP contribution in [0.3, 0.4) is 0 Å². The van der Waals surface area contributed by atoms with E-state index in [0.717, 1.165) is 5.56 Å². The zero-order valence-electron chi connectivity index (χ0n) is 15.6. The molecule has 2 atom stereocenters. The van der Waals surface area contributed by atoms with E-state index in [2.05, 4.69) is 5.32 Å². The number of aliphatic hydroxyl groups excluding tert-OH is 1. The molecule has 0 amide bonds. The molecule has 2 unspecified atom stereocenters. The SMILES string of the molecule is CNCC(O)C(c1ccccc1)n1c(=O)n(C(C)C)c2cccc(F)c21.Cl. The van der Waals surface area contributed by atoms with E-state index >= 15 is 0 Å². The second kappa shape index (κ2) is 8.69. The van der Waals surface area contributed by atoms with Gasteiger partial charge in [-0.1, -0.05) is 36.4 Å². The Labute approximate surface area is 163 Å². The van der Waals surface area contributed by atoms with E-state index < -0.39 is 18.0 Å². The van der Waals surface area contributed by atoms with E-state index in [1.807, 2.05) is 44.2 Å². The maximum absolute atomic E-state index is 14.8. The lowest BCUT2D eigenvalue weighted by molar-refractivity contribution is 0.130. The minimum atomic E-state index is -0.897. The fraction of sp³-hybridized carbons (Fsp3) is 0.350. The fourth-order valence-electron chi connectivity index (χ4n) is 3.52. The quantitative estimate of drug-likeness (QED) is 0.676. The van der Waals surface area contributed by atoms with Crippen LogP contribution in [0.5, 0.6) is 0 Å². The summed E-state index contributed by atoms with van der Waals surface area (Å²) in [7, 11) is 1.73. The smallest absolute Gasteiger partial charge is 0.330 e. The molecule has 0 aliphatic rings. The molecule has 0 bridgehead atoms. The number of rotatable bonds is 6. The Balaban J connectivity index is 0.00000261. The first-order valence-corrected chi connectivity index (χ1v) is 8.76. The molecule has 0 aliphatic heterocycles. The average Bonchev–Trinajstić information content (AvgIpc) is 2.90. The van der Waals surface area contributed by atoms with Gasteiger partial charge in [-0.25, -0.2) is 9.18 Å². The number of aromatic nitrogens is 2. The number of halogens is 2. The zero-order valence-corrected chi connectivity index (χ0v) is 16.4. The number of nitrogens with zero attached hydrogens (tertiary/aromatic N) is 2. The molecular formula is C20H25ClFN3O2. The summed E-state index contributed by atoms with van der Waals surface area (Å²) in [6, 6.07) is 13.1. The number of aliphatic hydroxyl groups is 1. The van der Waals surface area contributed by atoms with Crippen LogP contribution in [0.15, 0.2) is 53.3 Å². The lowest BCUT2D eigenvalue weighted by Gasteiger charge is -2.25. The summed E-state index contributed by atoms with van der Waals surface area (Å²) >= 11 is 0. The molecule has 7 heteroatoms. The van der Waals surface area contributed by atoms with E-state index in [4.69, 9.17) is 0 Å². The monoisotopic (exact) mass is 393 g/mol. The molecular weight excluding hydrogens is 369 g/mol. The van der Waals surface area contributed by atoms with Crippen LogP contribution in [0.25, 0.3) is 11.0 Å². The maximum atomic E-state index is 14.8. The van der Waals surface area contributed by atoms with Crippen LogP contribution < -0.4 is 11.0 Å². The fourth-order valence-corrected chi connectivity index (χ4v) is 3.52. The van der Waals surface area contributed by atoms with Crippen molar-refractivity contribution in [3.05, 3.63) is 70.4 Å². The minimum Gasteiger partial charge on any atom is -0.389 e. The Kier molecular flexibility index (Phi) is 6.81. The van der Waals surface area contributed by atoms with Gasteiger partial charge in [0.25, 0.3) is 0 Å². The van der Waals surface area contributed by atoms with Gasteiger partial charge in [0.1, 0.15) is 11.3 Å². The van der Waals surface area contributed by atoms with Crippen LogP contribution in [0, 0.1) is 5.82 Å².